The van der Waals surface area contributed by atoms with Crippen LogP contribution in [0.1, 0.15) is 41.3 Å². The molecular weight excluding hydrogens is 414 g/mol. The summed E-state index contributed by atoms with van der Waals surface area (Å²) in [5, 5.41) is 2.95. The lowest BCUT2D eigenvalue weighted by Gasteiger charge is -2.12. The molecule has 3 heterocycles. The lowest BCUT2D eigenvalue weighted by atomic mass is 9.95. The number of rotatable bonds is 4. The first-order chi connectivity index (χ1) is 14.9. The van der Waals surface area contributed by atoms with Gasteiger partial charge in [0.25, 0.3) is 0 Å². The van der Waals surface area contributed by atoms with Gasteiger partial charge in [0, 0.05) is 12.6 Å². The van der Waals surface area contributed by atoms with Gasteiger partial charge in [0.2, 0.25) is 5.91 Å². The standard InChI is InChI=1S/C24H22FN2O3P/c1-14-2-3-15(10-16-4-6-19(26-13-16)20-7-9-23(28)27-20)11-18(14)17-5-8-21-22(12-17)30-24(25,31)29-21/h2-6,8,11-13,20H,7,9-10,31H2,1H3,(H,27,28). The summed E-state index contributed by atoms with van der Waals surface area (Å²) < 4.78 is 24.3. The highest BCUT2D eigenvalue weighted by atomic mass is 31.0. The number of fused-ring (bicyclic) bond motifs is 1. The number of hydrogen-bond donors (Lipinski definition) is 1. The maximum absolute atomic E-state index is 14.0. The van der Waals surface area contributed by atoms with Crippen LogP contribution in [-0.4, -0.2) is 16.7 Å². The monoisotopic (exact) mass is 436 g/mol. The molecule has 0 aliphatic carbocycles. The predicted octanol–water partition coefficient (Wildman–Crippen LogP) is 4.83. The minimum absolute atomic E-state index is 0.0168. The fourth-order valence-electron chi connectivity index (χ4n) is 4.07. The molecule has 1 aromatic heterocycles. The van der Waals surface area contributed by atoms with Crippen LogP contribution in [0.3, 0.4) is 0 Å². The number of aromatic nitrogens is 1. The highest BCUT2D eigenvalue weighted by Gasteiger charge is 2.37. The highest BCUT2D eigenvalue weighted by Crippen LogP contribution is 2.45. The van der Waals surface area contributed by atoms with Gasteiger partial charge >= 0.3 is 5.78 Å². The summed E-state index contributed by atoms with van der Waals surface area (Å²) in [5.41, 5.74) is 6.26. The van der Waals surface area contributed by atoms with Crippen LogP contribution >= 0.6 is 9.24 Å². The Kier molecular flexibility index (Phi) is 4.90. The van der Waals surface area contributed by atoms with Crippen molar-refractivity contribution in [2.45, 2.75) is 38.0 Å². The molecule has 2 aliphatic heterocycles. The van der Waals surface area contributed by atoms with E-state index >= 15 is 0 Å². The van der Waals surface area contributed by atoms with E-state index in [1.807, 2.05) is 34.5 Å². The van der Waals surface area contributed by atoms with Gasteiger partial charge < -0.3 is 14.8 Å². The number of pyridine rings is 1. The Labute approximate surface area is 182 Å². The molecule has 0 bridgehead atoms. The number of nitrogens with zero attached hydrogens (tertiary/aromatic N) is 1. The van der Waals surface area contributed by atoms with Gasteiger partial charge in [-0.2, -0.15) is 4.39 Å². The first-order valence-electron chi connectivity index (χ1n) is 10.2. The fourth-order valence-corrected chi connectivity index (χ4v) is 4.32. The second kappa shape index (κ2) is 7.61. The number of ether oxygens (including phenoxy) is 2. The van der Waals surface area contributed by atoms with Crippen molar-refractivity contribution in [1.82, 2.24) is 10.3 Å². The first-order valence-corrected chi connectivity index (χ1v) is 10.8. The Morgan fingerprint density at radius 2 is 1.94 bits per heavy atom. The lowest BCUT2D eigenvalue weighted by Crippen LogP contribution is -2.23. The molecule has 1 saturated heterocycles. The molecule has 7 heteroatoms. The SMILES string of the molecule is Cc1ccc(Cc2ccc(C3CCC(=O)N3)nc2)cc1-c1ccc2c(c1)OC(F)(P)O2. The molecule has 0 saturated carbocycles. The van der Waals surface area contributed by atoms with Gasteiger partial charge in [-0.1, -0.05) is 30.3 Å². The van der Waals surface area contributed by atoms with E-state index in [9.17, 15) is 9.18 Å². The molecular formula is C24H22FN2O3P. The molecule has 0 spiro atoms. The van der Waals surface area contributed by atoms with Gasteiger partial charge in [-0.05, 0) is 75.0 Å². The average Bonchev–Trinajstić information content (AvgIpc) is 3.30. The normalized spacial score (nSPS) is 21.9. The van der Waals surface area contributed by atoms with E-state index in [0.717, 1.165) is 46.4 Å². The maximum Gasteiger partial charge on any atom is 0.418 e. The number of hydrogen-bond acceptors (Lipinski definition) is 4. The van der Waals surface area contributed by atoms with E-state index in [0.29, 0.717) is 17.9 Å². The Hall–Kier alpha value is -2.98. The molecule has 5 rings (SSSR count). The summed E-state index contributed by atoms with van der Waals surface area (Å²) in [6, 6.07) is 15.8. The van der Waals surface area contributed by atoms with Gasteiger partial charge in [-0.3, -0.25) is 9.78 Å². The summed E-state index contributed by atoms with van der Waals surface area (Å²) in [7, 11) is 1.92. The van der Waals surface area contributed by atoms with Crippen LogP contribution in [0.4, 0.5) is 4.39 Å². The minimum Gasteiger partial charge on any atom is -0.420 e. The number of carbonyl (C=O) groups is 1. The molecule has 3 unspecified atom stereocenters. The number of halogens is 1. The van der Waals surface area contributed by atoms with Crippen LogP contribution in [0.15, 0.2) is 54.7 Å². The van der Waals surface area contributed by atoms with Crippen molar-refractivity contribution >= 4 is 15.1 Å². The summed E-state index contributed by atoms with van der Waals surface area (Å²) in [5.74, 6) is -1.35. The summed E-state index contributed by atoms with van der Waals surface area (Å²) >= 11 is 0. The fraction of sp³-hybridized carbons (Fsp3) is 0.250. The number of aryl methyl sites for hydroxylation is 1. The molecule has 2 aromatic carbocycles. The van der Waals surface area contributed by atoms with Gasteiger partial charge in [-0.15, -0.1) is 0 Å². The summed E-state index contributed by atoms with van der Waals surface area (Å²) in [4.78, 5) is 16.0. The number of amides is 1. The predicted molar refractivity (Wildman–Crippen MR) is 119 cm³/mol. The third kappa shape index (κ3) is 4.13. The zero-order chi connectivity index (χ0) is 21.6. The van der Waals surface area contributed by atoms with Crippen molar-refractivity contribution < 1.29 is 18.7 Å². The van der Waals surface area contributed by atoms with E-state index in [4.69, 9.17) is 9.47 Å². The third-order valence-corrected chi connectivity index (χ3v) is 5.90. The molecule has 31 heavy (non-hydrogen) atoms. The van der Waals surface area contributed by atoms with Crippen LogP contribution in [-0.2, 0) is 11.2 Å². The number of carbonyl (C=O) groups excluding carboxylic acids is 1. The van der Waals surface area contributed by atoms with Gasteiger partial charge in [-0.25, -0.2) is 0 Å². The van der Waals surface area contributed by atoms with Crippen molar-refractivity contribution in [2.24, 2.45) is 0 Å². The highest BCUT2D eigenvalue weighted by molar-refractivity contribution is 7.18. The molecule has 3 aromatic rings. The Bertz CT molecular complexity index is 1160. The smallest absolute Gasteiger partial charge is 0.418 e. The topological polar surface area (TPSA) is 60.5 Å². The van der Waals surface area contributed by atoms with Crippen LogP contribution in [0.2, 0.25) is 0 Å². The largest absolute Gasteiger partial charge is 0.420 e. The van der Waals surface area contributed by atoms with Crippen molar-refractivity contribution in [3.05, 3.63) is 77.1 Å². The third-order valence-electron chi connectivity index (χ3n) is 5.66. The average molecular weight is 436 g/mol. The molecule has 3 atom stereocenters. The quantitative estimate of drug-likeness (QED) is 0.596. The number of nitrogens with one attached hydrogen (secondary N) is 1. The molecule has 2 aliphatic rings. The zero-order valence-corrected chi connectivity index (χ0v) is 18.2. The van der Waals surface area contributed by atoms with Crippen LogP contribution in [0.25, 0.3) is 11.1 Å². The van der Waals surface area contributed by atoms with E-state index in [-0.39, 0.29) is 11.9 Å². The zero-order valence-electron chi connectivity index (χ0n) is 17.0. The molecule has 1 N–H and O–H groups in total. The Morgan fingerprint density at radius 1 is 1.13 bits per heavy atom. The van der Waals surface area contributed by atoms with E-state index in [1.165, 1.54) is 0 Å². The van der Waals surface area contributed by atoms with Gasteiger partial charge in [0.1, 0.15) is 0 Å². The Balaban J connectivity index is 1.37. The maximum atomic E-state index is 14.0. The van der Waals surface area contributed by atoms with Crippen molar-refractivity contribution in [3.63, 3.8) is 0 Å². The van der Waals surface area contributed by atoms with E-state index in [1.54, 1.807) is 12.1 Å². The minimum atomic E-state index is -2.21. The van der Waals surface area contributed by atoms with Crippen molar-refractivity contribution in [2.75, 3.05) is 0 Å². The van der Waals surface area contributed by atoms with E-state index in [2.05, 4.69) is 34.6 Å². The summed E-state index contributed by atoms with van der Waals surface area (Å²) in [6.45, 7) is 2.05. The summed E-state index contributed by atoms with van der Waals surface area (Å²) in [6.07, 6.45) is 3.97. The van der Waals surface area contributed by atoms with Crippen molar-refractivity contribution in [1.29, 1.82) is 0 Å². The molecule has 5 nitrogen and oxygen atoms in total. The van der Waals surface area contributed by atoms with Crippen LogP contribution < -0.4 is 14.8 Å². The lowest BCUT2D eigenvalue weighted by molar-refractivity contribution is -0.119. The van der Waals surface area contributed by atoms with Gasteiger partial charge in [0.15, 0.2) is 11.5 Å². The second-order valence-corrected chi connectivity index (χ2v) is 8.71. The van der Waals surface area contributed by atoms with Crippen LogP contribution in [0, 0.1) is 6.92 Å². The molecule has 1 fully saturated rings. The number of alkyl halides is 1. The number of benzene rings is 2. The second-order valence-electron chi connectivity index (χ2n) is 8.02. The Morgan fingerprint density at radius 3 is 2.68 bits per heavy atom. The van der Waals surface area contributed by atoms with E-state index < -0.39 is 5.78 Å². The molecule has 1 amide bonds. The van der Waals surface area contributed by atoms with Crippen LogP contribution in [0.5, 0.6) is 11.5 Å². The first kappa shape index (κ1) is 20.0. The molecule has 158 valence electrons. The van der Waals surface area contributed by atoms with Gasteiger partial charge in [0.05, 0.1) is 11.7 Å². The van der Waals surface area contributed by atoms with Crippen molar-refractivity contribution in [3.8, 4) is 22.6 Å². The molecule has 0 radical (unpaired) electrons.